The largest absolute Gasteiger partial charge is 0.444 e. The number of ether oxygens (including phenoxy) is 1. The van der Waals surface area contributed by atoms with Crippen molar-refractivity contribution < 1.29 is 9.53 Å². The fourth-order valence-electron chi connectivity index (χ4n) is 2.48. The highest BCUT2D eigenvalue weighted by atomic mass is 32.2. The van der Waals surface area contributed by atoms with Gasteiger partial charge in [0.2, 0.25) is 0 Å². The molecule has 1 amide bonds. The lowest BCUT2D eigenvalue weighted by Gasteiger charge is -2.35. The van der Waals surface area contributed by atoms with Gasteiger partial charge in [-0.15, -0.1) is 11.8 Å². The minimum atomic E-state index is -0.454. The van der Waals surface area contributed by atoms with E-state index in [1.54, 1.807) is 16.7 Å². The van der Waals surface area contributed by atoms with Gasteiger partial charge in [0.05, 0.1) is 5.69 Å². The van der Waals surface area contributed by atoms with Gasteiger partial charge < -0.3 is 9.64 Å². The normalized spacial score (nSPS) is 15.6. The first kappa shape index (κ1) is 19.4. The molecule has 1 aliphatic heterocycles. The summed E-state index contributed by atoms with van der Waals surface area (Å²) in [5.41, 5.74) is 8.83. The van der Waals surface area contributed by atoms with Crippen LogP contribution in [0.5, 0.6) is 0 Å². The van der Waals surface area contributed by atoms with E-state index >= 15 is 0 Å². The van der Waals surface area contributed by atoms with E-state index in [0.717, 1.165) is 30.3 Å². The smallest absolute Gasteiger partial charge is 0.410 e. The Labute approximate surface area is 152 Å². The zero-order valence-corrected chi connectivity index (χ0v) is 15.8. The summed E-state index contributed by atoms with van der Waals surface area (Å²) in [6.07, 6.45) is -0.232. The highest BCUT2D eigenvalue weighted by Crippen LogP contribution is 2.29. The number of benzene rings is 1. The van der Waals surface area contributed by atoms with E-state index in [2.05, 4.69) is 14.9 Å². The van der Waals surface area contributed by atoms with Crippen LogP contribution in [0.15, 0.2) is 34.3 Å². The molecule has 0 saturated carbocycles. The monoisotopic (exact) mass is 363 g/mol. The van der Waals surface area contributed by atoms with Crippen molar-refractivity contribution in [1.82, 2.24) is 9.80 Å². The van der Waals surface area contributed by atoms with Crippen molar-refractivity contribution in [3.63, 3.8) is 0 Å². The maximum atomic E-state index is 12.1. The third kappa shape index (κ3) is 6.49. The standard InChI is InChI=1S/C17H25N5O2S/c1-17(2,3)24-16(23)22-10-8-21(9-11-22)12-13-25-15-7-5-4-6-14(15)19-20-18/h4-7H,8-13H2,1-3H3. The van der Waals surface area contributed by atoms with Crippen LogP contribution in [0.25, 0.3) is 10.4 Å². The highest BCUT2D eigenvalue weighted by Gasteiger charge is 2.25. The van der Waals surface area contributed by atoms with Crippen molar-refractivity contribution in [2.75, 3.05) is 38.5 Å². The number of rotatable bonds is 5. The first-order valence-corrected chi connectivity index (χ1v) is 9.35. The minimum Gasteiger partial charge on any atom is -0.444 e. The van der Waals surface area contributed by atoms with Crippen molar-refractivity contribution in [3.05, 3.63) is 34.7 Å². The van der Waals surface area contributed by atoms with Crippen LogP contribution < -0.4 is 0 Å². The Kier molecular flexibility index (Phi) is 6.99. The van der Waals surface area contributed by atoms with E-state index in [0.29, 0.717) is 18.8 Å². The van der Waals surface area contributed by atoms with E-state index in [9.17, 15) is 4.79 Å². The first-order chi connectivity index (χ1) is 11.9. The number of piperazine rings is 1. The molecule has 0 bridgehead atoms. The number of carbonyl (C=O) groups is 1. The number of azide groups is 1. The van der Waals surface area contributed by atoms with Crippen molar-refractivity contribution in [2.45, 2.75) is 31.3 Å². The number of amides is 1. The molecule has 0 N–H and O–H groups in total. The van der Waals surface area contributed by atoms with Crippen LogP contribution in [0.2, 0.25) is 0 Å². The molecular weight excluding hydrogens is 338 g/mol. The summed E-state index contributed by atoms with van der Waals surface area (Å²) < 4.78 is 5.41. The molecule has 1 aliphatic rings. The van der Waals surface area contributed by atoms with Gasteiger partial charge in [-0.25, -0.2) is 4.79 Å². The average molecular weight is 363 g/mol. The van der Waals surface area contributed by atoms with Crippen LogP contribution in [-0.4, -0.2) is 60.0 Å². The molecule has 0 spiro atoms. The fraction of sp³-hybridized carbons (Fsp3) is 0.588. The summed E-state index contributed by atoms with van der Waals surface area (Å²) in [5, 5.41) is 3.72. The van der Waals surface area contributed by atoms with Crippen LogP contribution in [0.4, 0.5) is 10.5 Å². The Morgan fingerprint density at radius 3 is 2.60 bits per heavy atom. The molecule has 136 valence electrons. The third-order valence-electron chi connectivity index (χ3n) is 3.71. The summed E-state index contributed by atoms with van der Waals surface area (Å²) in [6, 6.07) is 7.60. The molecule has 0 atom stereocenters. The topological polar surface area (TPSA) is 81.5 Å². The second kappa shape index (κ2) is 8.99. The quantitative estimate of drug-likeness (QED) is 0.338. The van der Waals surface area contributed by atoms with Crippen molar-refractivity contribution >= 4 is 23.5 Å². The Hall–Kier alpha value is -1.89. The number of nitrogens with zero attached hydrogens (tertiary/aromatic N) is 5. The fourth-order valence-corrected chi connectivity index (χ4v) is 3.48. The molecule has 7 nitrogen and oxygen atoms in total. The molecule has 0 aromatic heterocycles. The lowest BCUT2D eigenvalue weighted by molar-refractivity contribution is 0.0150. The Bertz CT molecular complexity index is 632. The molecule has 0 radical (unpaired) electrons. The maximum Gasteiger partial charge on any atom is 0.410 e. The number of carbonyl (C=O) groups excluding carboxylic acids is 1. The Morgan fingerprint density at radius 2 is 1.96 bits per heavy atom. The van der Waals surface area contributed by atoms with Gasteiger partial charge in [0.25, 0.3) is 0 Å². The van der Waals surface area contributed by atoms with E-state index in [1.807, 2.05) is 45.0 Å². The first-order valence-electron chi connectivity index (χ1n) is 8.36. The molecule has 0 aliphatic carbocycles. The van der Waals surface area contributed by atoms with Crippen molar-refractivity contribution in [1.29, 1.82) is 0 Å². The molecule has 1 fully saturated rings. The molecular formula is C17H25N5O2S. The Balaban J connectivity index is 1.74. The van der Waals surface area contributed by atoms with E-state index < -0.39 is 5.60 Å². The molecule has 25 heavy (non-hydrogen) atoms. The lowest BCUT2D eigenvalue weighted by atomic mass is 10.2. The van der Waals surface area contributed by atoms with Crippen LogP contribution in [0.3, 0.4) is 0 Å². The highest BCUT2D eigenvalue weighted by molar-refractivity contribution is 7.99. The average Bonchev–Trinajstić information content (AvgIpc) is 2.56. The SMILES string of the molecule is CC(C)(C)OC(=O)N1CCN(CCSc2ccccc2N=[N+]=[N-])CC1. The molecule has 2 rings (SSSR count). The second-order valence-corrected chi connectivity index (χ2v) is 7.95. The van der Waals surface area contributed by atoms with Crippen molar-refractivity contribution in [2.24, 2.45) is 5.11 Å². The molecule has 0 unspecified atom stereocenters. The second-order valence-electron chi connectivity index (χ2n) is 6.81. The predicted octanol–water partition coefficient (Wildman–Crippen LogP) is 4.27. The molecule has 1 saturated heterocycles. The summed E-state index contributed by atoms with van der Waals surface area (Å²) in [6.45, 7) is 9.64. The molecule has 8 heteroatoms. The summed E-state index contributed by atoms with van der Waals surface area (Å²) in [7, 11) is 0. The molecule has 1 aromatic carbocycles. The Morgan fingerprint density at radius 1 is 1.28 bits per heavy atom. The van der Waals surface area contributed by atoms with Gasteiger partial charge in [-0.3, -0.25) is 4.90 Å². The number of hydrogen-bond donors (Lipinski definition) is 0. The minimum absolute atomic E-state index is 0.232. The van der Waals surface area contributed by atoms with Crippen LogP contribution >= 0.6 is 11.8 Å². The maximum absolute atomic E-state index is 12.1. The van der Waals surface area contributed by atoms with E-state index in [4.69, 9.17) is 10.3 Å². The predicted molar refractivity (Wildman–Crippen MR) is 100 cm³/mol. The summed E-state index contributed by atoms with van der Waals surface area (Å²) >= 11 is 1.68. The van der Waals surface area contributed by atoms with Crippen LogP contribution in [-0.2, 0) is 4.74 Å². The van der Waals surface area contributed by atoms with Crippen LogP contribution in [0, 0.1) is 0 Å². The van der Waals surface area contributed by atoms with Gasteiger partial charge in [-0.05, 0) is 32.4 Å². The van der Waals surface area contributed by atoms with Gasteiger partial charge in [-0.1, -0.05) is 23.3 Å². The summed E-state index contributed by atoms with van der Waals surface area (Å²) in [4.78, 5) is 20.0. The van der Waals surface area contributed by atoms with Gasteiger partial charge in [0.15, 0.2) is 0 Å². The summed E-state index contributed by atoms with van der Waals surface area (Å²) in [5.74, 6) is 0.907. The zero-order valence-electron chi connectivity index (χ0n) is 15.0. The van der Waals surface area contributed by atoms with Crippen molar-refractivity contribution in [3.8, 4) is 0 Å². The van der Waals surface area contributed by atoms with E-state index in [1.165, 1.54) is 0 Å². The lowest BCUT2D eigenvalue weighted by Crippen LogP contribution is -2.50. The van der Waals surface area contributed by atoms with Crippen LogP contribution in [0.1, 0.15) is 20.8 Å². The molecule has 1 heterocycles. The third-order valence-corrected chi connectivity index (χ3v) is 4.75. The van der Waals surface area contributed by atoms with Gasteiger partial charge in [-0.2, -0.15) is 0 Å². The molecule has 1 aromatic rings. The number of hydrogen-bond acceptors (Lipinski definition) is 5. The van der Waals surface area contributed by atoms with E-state index in [-0.39, 0.29) is 6.09 Å². The number of thioether (sulfide) groups is 1. The van der Waals surface area contributed by atoms with Gasteiger partial charge in [0.1, 0.15) is 5.60 Å². The zero-order chi connectivity index (χ0) is 18.3. The van der Waals surface area contributed by atoms with Gasteiger partial charge in [0, 0.05) is 48.3 Å². The van der Waals surface area contributed by atoms with Gasteiger partial charge >= 0.3 is 6.09 Å².